The number of hydrogen-bond acceptors (Lipinski definition) is 6. The van der Waals surface area contributed by atoms with Gasteiger partial charge in [0.25, 0.3) is 5.69 Å². The van der Waals surface area contributed by atoms with Gasteiger partial charge in [0.1, 0.15) is 11.5 Å². The van der Waals surface area contributed by atoms with Gasteiger partial charge in [0.15, 0.2) is 0 Å². The molecule has 7 heteroatoms. The SMILES string of the molecule is Nc1ccc([N+](=O)[O-])cc1O.Nc1ccccc1O. The lowest BCUT2D eigenvalue weighted by atomic mass is 10.3. The van der Waals surface area contributed by atoms with Crippen LogP contribution in [0.5, 0.6) is 11.5 Å². The van der Waals surface area contributed by atoms with E-state index in [0.717, 1.165) is 6.07 Å². The number of nitrogens with zero attached hydrogens (tertiary/aromatic N) is 1. The van der Waals surface area contributed by atoms with Crippen LogP contribution in [0, 0.1) is 10.1 Å². The maximum Gasteiger partial charge on any atom is 0.273 e. The quantitative estimate of drug-likeness (QED) is 0.268. The number of nitrogen functional groups attached to an aromatic ring is 2. The lowest BCUT2D eigenvalue weighted by Gasteiger charge is -1.95. The first-order valence-electron chi connectivity index (χ1n) is 5.18. The van der Waals surface area contributed by atoms with Crippen molar-refractivity contribution in [3.05, 3.63) is 52.6 Å². The first-order chi connectivity index (χ1) is 8.91. The Balaban J connectivity index is 0.000000200. The van der Waals surface area contributed by atoms with Gasteiger partial charge in [0.05, 0.1) is 22.4 Å². The molecule has 0 saturated carbocycles. The van der Waals surface area contributed by atoms with Gasteiger partial charge < -0.3 is 21.7 Å². The molecule has 7 nitrogen and oxygen atoms in total. The average molecular weight is 263 g/mol. The van der Waals surface area contributed by atoms with E-state index in [1.807, 2.05) is 0 Å². The maximum absolute atomic E-state index is 10.1. The van der Waals surface area contributed by atoms with E-state index in [9.17, 15) is 10.1 Å². The van der Waals surface area contributed by atoms with Crippen molar-refractivity contribution in [1.29, 1.82) is 0 Å². The molecular weight excluding hydrogens is 250 g/mol. The molecule has 6 N–H and O–H groups in total. The molecule has 19 heavy (non-hydrogen) atoms. The Bertz CT molecular complexity index is 566. The van der Waals surface area contributed by atoms with Gasteiger partial charge in [-0.1, -0.05) is 12.1 Å². The van der Waals surface area contributed by atoms with Crippen molar-refractivity contribution in [3.8, 4) is 11.5 Å². The summed E-state index contributed by atoms with van der Waals surface area (Å²) in [6.07, 6.45) is 0. The van der Waals surface area contributed by atoms with Crippen molar-refractivity contribution in [3.63, 3.8) is 0 Å². The summed E-state index contributed by atoms with van der Waals surface area (Å²) in [5.74, 6) is -0.119. The second-order valence-corrected chi connectivity index (χ2v) is 3.56. The summed E-state index contributed by atoms with van der Waals surface area (Å²) in [6, 6.07) is 10.2. The van der Waals surface area contributed by atoms with Crippen LogP contribution < -0.4 is 11.5 Å². The van der Waals surface area contributed by atoms with Crippen molar-refractivity contribution in [2.24, 2.45) is 0 Å². The van der Waals surface area contributed by atoms with Crippen molar-refractivity contribution >= 4 is 17.1 Å². The van der Waals surface area contributed by atoms with Gasteiger partial charge in [-0.2, -0.15) is 0 Å². The van der Waals surface area contributed by atoms with Gasteiger partial charge >= 0.3 is 0 Å². The Morgan fingerprint density at radius 3 is 1.95 bits per heavy atom. The number of phenolic OH excluding ortho intramolecular Hbond substituents is 2. The molecule has 0 bridgehead atoms. The van der Waals surface area contributed by atoms with Crippen LogP contribution in [0.15, 0.2) is 42.5 Å². The van der Waals surface area contributed by atoms with Gasteiger partial charge in [0.2, 0.25) is 0 Å². The molecule has 0 atom stereocenters. The maximum atomic E-state index is 10.1. The van der Waals surface area contributed by atoms with Crippen LogP contribution in [-0.4, -0.2) is 15.1 Å². The Morgan fingerprint density at radius 2 is 1.53 bits per heavy atom. The van der Waals surface area contributed by atoms with E-state index in [-0.39, 0.29) is 22.9 Å². The summed E-state index contributed by atoms with van der Waals surface area (Å²) < 4.78 is 0. The molecular formula is C12H13N3O4. The van der Waals surface area contributed by atoms with Crippen LogP contribution in [0.4, 0.5) is 17.1 Å². The van der Waals surface area contributed by atoms with Crippen LogP contribution in [-0.2, 0) is 0 Å². The van der Waals surface area contributed by atoms with Crippen molar-refractivity contribution in [1.82, 2.24) is 0 Å². The molecule has 0 aliphatic rings. The van der Waals surface area contributed by atoms with E-state index in [1.54, 1.807) is 24.3 Å². The van der Waals surface area contributed by atoms with Gasteiger partial charge in [-0.3, -0.25) is 10.1 Å². The molecule has 0 aliphatic heterocycles. The molecule has 2 rings (SSSR count). The van der Waals surface area contributed by atoms with Crippen LogP contribution in [0.1, 0.15) is 0 Å². The van der Waals surface area contributed by atoms with Gasteiger partial charge in [-0.25, -0.2) is 0 Å². The summed E-state index contributed by atoms with van der Waals surface area (Å²) >= 11 is 0. The molecule has 2 aromatic carbocycles. The van der Waals surface area contributed by atoms with Crippen LogP contribution in [0.25, 0.3) is 0 Å². The topological polar surface area (TPSA) is 136 Å². The van der Waals surface area contributed by atoms with Crippen molar-refractivity contribution < 1.29 is 15.1 Å². The predicted molar refractivity (Wildman–Crippen MR) is 71.7 cm³/mol. The minimum Gasteiger partial charge on any atom is -0.506 e. The Morgan fingerprint density at radius 1 is 0.947 bits per heavy atom. The third kappa shape index (κ3) is 4.08. The number of phenols is 2. The van der Waals surface area contributed by atoms with Crippen molar-refractivity contribution in [2.75, 3.05) is 11.5 Å². The molecule has 0 amide bonds. The van der Waals surface area contributed by atoms with Crippen LogP contribution in [0.3, 0.4) is 0 Å². The molecule has 0 saturated heterocycles. The normalized spacial score (nSPS) is 9.26. The van der Waals surface area contributed by atoms with Crippen LogP contribution >= 0.6 is 0 Å². The summed E-state index contributed by atoms with van der Waals surface area (Å²) in [5, 5.41) is 27.8. The number of nitro groups is 1. The van der Waals surface area contributed by atoms with E-state index in [4.69, 9.17) is 21.7 Å². The lowest BCUT2D eigenvalue weighted by molar-refractivity contribution is -0.384. The minimum absolute atomic E-state index is 0.135. The second kappa shape index (κ2) is 6.10. The number of non-ortho nitro benzene ring substituents is 1. The van der Waals surface area contributed by atoms with E-state index in [2.05, 4.69) is 0 Å². The lowest BCUT2D eigenvalue weighted by Crippen LogP contribution is -1.89. The number of para-hydroxylation sites is 2. The molecule has 0 spiro atoms. The highest BCUT2D eigenvalue weighted by Gasteiger charge is 2.06. The molecule has 0 radical (unpaired) electrons. The molecule has 0 heterocycles. The smallest absolute Gasteiger partial charge is 0.273 e. The van der Waals surface area contributed by atoms with Gasteiger partial charge in [-0.05, 0) is 18.2 Å². The summed E-state index contributed by atoms with van der Waals surface area (Å²) in [6.45, 7) is 0. The Hall–Kier alpha value is -2.96. The molecule has 2 aromatic rings. The monoisotopic (exact) mass is 263 g/mol. The van der Waals surface area contributed by atoms with E-state index < -0.39 is 4.92 Å². The summed E-state index contributed by atoms with van der Waals surface area (Å²) in [4.78, 5) is 9.52. The van der Waals surface area contributed by atoms with E-state index in [0.29, 0.717) is 5.69 Å². The number of aromatic hydroxyl groups is 2. The zero-order valence-corrected chi connectivity index (χ0v) is 9.85. The zero-order valence-electron chi connectivity index (χ0n) is 9.85. The highest BCUT2D eigenvalue weighted by atomic mass is 16.6. The number of hydrogen-bond donors (Lipinski definition) is 4. The third-order valence-electron chi connectivity index (χ3n) is 2.16. The minimum atomic E-state index is -0.598. The number of anilines is 2. The molecule has 0 fully saturated rings. The van der Waals surface area contributed by atoms with Crippen molar-refractivity contribution in [2.45, 2.75) is 0 Å². The number of nitro benzene ring substituents is 1. The fourth-order valence-electron chi connectivity index (χ4n) is 1.13. The highest BCUT2D eigenvalue weighted by molar-refractivity contribution is 5.56. The summed E-state index contributed by atoms with van der Waals surface area (Å²) in [5.41, 5.74) is 10.9. The fraction of sp³-hybridized carbons (Fsp3) is 0. The first-order valence-corrected chi connectivity index (χ1v) is 5.18. The van der Waals surface area contributed by atoms with Gasteiger partial charge in [0, 0.05) is 6.07 Å². The molecule has 100 valence electrons. The largest absolute Gasteiger partial charge is 0.506 e. The van der Waals surface area contributed by atoms with E-state index >= 15 is 0 Å². The molecule has 0 unspecified atom stereocenters. The third-order valence-corrected chi connectivity index (χ3v) is 2.16. The second-order valence-electron chi connectivity index (χ2n) is 3.56. The average Bonchev–Trinajstić information content (AvgIpc) is 2.37. The Labute approximate surface area is 108 Å². The van der Waals surface area contributed by atoms with E-state index in [1.165, 1.54) is 12.1 Å². The first kappa shape index (κ1) is 14.1. The van der Waals surface area contributed by atoms with Crippen LogP contribution in [0.2, 0.25) is 0 Å². The molecule has 0 aromatic heterocycles. The number of rotatable bonds is 1. The fourth-order valence-corrected chi connectivity index (χ4v) is 1.13. The van der Waals surface area contributed by atoms with Gasteiger partial charge in [-0.15, -0.1) is 0 Å². The standard InChI is InChI=1S/C6H6N2O3.C6H7NO/c7-5-2-1-4(8(10)11)3-6(5)9;7-5-3-1-2-4-6(5)8/h1-3,9H,7H2;1-4,8H,7H2. The zero-order chi connectivity index (χ0) is 14.4. The summed E-state index contributed by atoms with van der Waals surface area (Å²) in [7, 11) is 0. The molecule has 0 aliphatic carbocycles. The Kier molecular flexibility index (Phi) is 4.53. The predicted octanol–water partition coefficient (Wildman–Crippen LogP) is 1.86. The number of benzene rings is 2. The highest BCUT2D eigenvalue weighted by Crippen LogP contribution is 2.24. The number of nitrogens with two attached hydrogens (primary N) is 2.